The van der Waals surface area contributed by atoms with Gasteiger partial charge in [-0.2, -0.15) is 0 Å². The molecule has 1 N–H and O–H groups in total. The highest BCUT2D eigenvalue weighted by atomic mass is 79.9. The molecule has 1 fully saturated rings. The molecular formula is C13H15BrN4O. The van der Waals surface area contributed by atoms with Gasteiger partial charge in [0, 0.05) is 38.7 Å². The third kappa shape index (κ3) is 2.37. The van der Waals surface area contributed by atoms with Crippen molar-refractivity contribution in [3.8, 4) is 0 Å². The van der Waals surface area contributed by atoms with Crippen molar-refractivity contribution in [2.45, 2.75) is 18.6 Å². The van der Waals surface area contributed by atoms with Crippen LogP contribution in [0.1, 0.15) is 18.3 Å². The quantitative estimate of drug-likeness (QED) is 0.943. The number of rotatable bonds is 3. The van der Waals surface area contributed by atoms with Gasteiger partial charge in [-0.3, -0.25) is 0 Å². The highest BCUT2D eigenvalue weighted by Gasteiger charge is 2.36. The van der Waals surface area contributed by atoms with Crippen molar-refractivity contribution >= 4 is 21.7 Å². The molecule has 19 heavy (non-hydrogen) atoms. The molecule has 5 nitrogen and oxygen atoms in total. The lowest BCUT2D eigenvalue weighted by Gasteiger charge is -2.24. The molecule has 1 aliphatic heterocycles. The Morgan fingerprint density at radius 2 is 2.32 bits per heavy atom. The fourth-order valence-corrected chi connectivity index (χ4v) is 2.99. The van der Waals surface area contributed by atoms with Crippen LogP contribution in [0.3, 0.4) is 0 Å². The molecule has 3 rings (SSSR count). The number of halogens is 1. The number of hydrogen-bond acceptors (Lipinski definition) is 4. The van der Waals surface area contributed by atoms with Gasteiger partial charge in [0.25, 0.3) is 0 Å². The fourth-order valence-electron chi connectivity index (χ4n) is 2.51. The second kappa shape index (κ2) is 5.30. The second-order valence-corrected chi connectivity index (χ2v) is 5.40. The SMILES string of the molecule is CO[C@@H]1CC(c2ncc[nH]2)N(c2ncccc2Br)C1. The number of nitrogens with one attached hydrogen (secondary N) is 1. The summed E-state index contributed by atoms with van der Waals surface area (Å²) in [5.74, 6) is 1.89. The smallest absolute Gasteiger partial charge is 0.143 e. The Bertz CT molecular complexity index is 545. The van der Waals surface area contributed by atoms with E-state index in [1.807, 2.05) is 18.3 Å². The number of H-pyrrole nitrogens is 1. The van der Waals surface area contributed by atoms with Crippen LogP contribution in [0.5, 0.6) is 0 Å². The molecule has 0 spiro atoms. The summed E-state index contributed by atoms with van der Waals surface area (Å²) in [4.78, 5) is 14.3. The average Bonchev–Trinajstić information content (AvgIpc) is 3.08. The van der Waals surface area contributed by atoms with Crippen molar-refractivity contribution in [1.29, 1.82) is 0 Å². The molecule has 0 radical (unpaired) electrons. The lowest BCUT2D eigenvalue weighted by atomic mass is 10.2. The van der Waals surface area contributed by atoms with Crippen LogP contribution in [-0.2, 0) is 4.74 Å². The molecule has 0 aliphatic carbocycles. The summed E-state index contributed by atoms with van der Waals surface area (Å²) >= 11 is 3.56. The maximum absolute atomic E-state index is 5.50. The molecule has 0 saturated carbocycles. The van der Waals surface area contributed by atoms with Gasteiger partial charge >= 0.3 is 0 Å². The summed E-state index contributed by atoms with van der Waals surface area (Å²) in [7, 11) is 1.75. The molecule has 0 bridgehead atoms. The third-order valence-electron chi connectivity index (χ3n) is 3.44. The van der Waals surface area contributed by atoms with Crippen LogP contribution >= 0.6 is 15.9 Å². The maximum Gasteiger partial charge on any atom is 0.143 e. The van der Waals surface area contributed by atoms with Gasteiger partial charge in [-0.05, 0) is 28.1 Å². The number of pyridine rings is 1. The van der Waals surface area contributed by atoms with Crippen molar-refractivity contribution in [2.75, 3.05) is 18.6 Å². The van der Waals surface area contributed by atoms with E-state index >= 15 is 0 Å². The first-order valence-corrected chi connectivity index (χ1v) is 6.98. The predicted molar refractivity (Wildman–Crippen MR) is 76.0 cm³/mol. The van der Waals surface area contributed by atoms with E-state index in [1.54, 1.807) is 19.5 Å². The summed E-state index contributed by atoms with van der Waals surface area (Å²) in [5, 5.41) is 0. The number of nitrogens with zero attached hydrogens (tertiary/aromatic N) is 3. The topological polar surface area (TPSA) is 54.0 Å². The summed E-state index contributed by atoms with van der Waals surface area (Å²) in [6.45, 7) is 0.817. The van der Waals surface area contributed by atoms with Gasteiger partial charge in [0.2, 0.25) is 0 Å². The minimum absolute atomic E-state index is 0.172. The van der Waals surface area contributed by atoms with Crippen LogP contribution in [0.15, 0.2) is 35.2 Å². The number of hydrogen-bond donors (Lipinski definition) is 1. The molecule has 1 saturated heterocycles. The first-order chi connectivity index (χ1) is 9.29. The Labute approximate surface area is 120 Å². The number of methoxy groups -OCH3 is 1. The van der Waals surface area contributed by atoms with Crippen LogP contribution in [0.4, 0.5) is 5.82 Å². The van der Waals surface area contributed by atoms with Crippen LogP contribution < -0.4 is 4.90 Å². The zero-order valence-corrected chi connectivity index (χ0v) is 12.2. The lowest BCUT2D eigenvalue weighted by Crippen LogP contribution is -2.26. The number of aromatic nitrogens is 3. The first kappa shape index (κ1) is 12.6. The molecule has 0 amide bonds. The minimum Gasteiger partial charge on any atom is -0.380 e. The van der Waals surface area contributed by atoms with E-state index in [4.69, 9.17) is 4.74 Å². The molecule has 2 atom stereocenters. The fraction of sp³-hybridized carbons (Fsp3) is 0.385. The first-order valence-electron chi connectivity index (χ1n) is 6.19. The molecule has 100 valence electrons. The summed E-state index contributed by atoms with van der Waals surface area (Å²) in [6.07, 6.45) is 6.54. The predicted octanol–water partition coefficient (Wildman–Crippen LogP) is 2.53. The highest BCUT2D eigenvalue weighted by Crippen LogP contribution is 2.37. The molecule has 1 unspecified atom stereocenters. The number of anilines is 1. The Morgan fingerprint density at radius 3 is 3.00 bits per heavy atom. The monoisotopic (exact) mass is 322 g/mol. The van der Waals surface area contributed by atoms with Crippen molar-refractivity contribution in [3.05, 3.63) is 41.0 Å². The Balaban J connectivity index is 1.96. The van der Waals surface area contributed by atoms with Crippen molar-refractivity contribution < 1.29 is 4.74 Å². The maximum atomic E-state index is 5.50. The molecule has 0 aromatic carbocycles. The van der Waals surface area contributed by atoms with Crippen LogP contribution in [-0.4, -0.2) is 34.7 Å². The van der Waals surface area contributed by atoms with Gasteiger partial charge in [0.15, 0.2) is 0 Å². The number of imidazole rings is 1. The number of ether oxygens (including phenoxy) is 1. The van der Waals surface area contributed by atoms with E-state index in [0.717, 1.165) is 29.1 Å². The second-order valence-electron chi connectivity index (χ2n) is 4.54. The van der Waals surface area contributed by atoms with E-state index < -0.39 is 0 Å². The lowest BCUT2D eigenvalue weighted by molar-refractivity contribution is 0.118. The van der Waals surface area contributed by atoms with Gasteiger partial charge in [0.05, 0.1) is 16.6 Å². The van der Waals surface area contributed by atoms with Crippen LogP contribution in [0, 0.1) is 0 Å². The summed E-state index contributed by atoms with van der Waals surface area (Å²) < 4.78 is 6.49. The third-order valence-corrected chi connectivity index (χ3v) is 4.06. The largest absolute Gasteiger partial charge is 0.380 e. The molecule has 1 aliphatic rings. The van der Waals surface area contributed by atoms with Gasteiger partial charge in [-0.25, -0.2) is 9.97 Å². The summed E-state index contributed by atoms with van der Waals surface area (Å²) in [6, 6.07) is 4.09. The van der Waals surface area contributed by atoms with E-state index in [2.05, 4.69) is 35.8 Å². The van der Waals surface area contributed by atoms with E-state index in [9.17, 15) is 0 Å². The van der Waals surface area contributed by atoms with Gasteiger partial charge in [0.1, 0.15) is 11.6 Å². The molecule has 2 aromatic heterocycles. The standard InChI is InChI=1S/C13H15BrN4O/c1-19-9-7-11(12-15-5-6-16-12)18(8-9)13-10(14)3-2-4-17-13/h2-6,9,11H,7-8H2,1H3,(H,15,16)/t9-,11?/m1/s1. The summed E-state index contributed by atoms with van der Waals surface area (Å²) in [5.41, 5.74) is 0. The minimum atomic E-state index is 0.172. The Kier molecular flexibility index (Phi) is 3.52. The number of aromatic amines is 1. The Morgan fingerprint density at radius 1 is 1.42 bits per heavy atom. The van der Waals surface area contributed by atoms with Crippen molar-refractivity contribution in [1.82, 2.24) is 15.0 Å². The Hall–Kier alpha value is -1.40. The molecule has 3 heterocycles. The highest BCUT2D eigenvalue weighted by molar-refractivity contribution is 9.10. The zero-order chi connectivity index (χ0) is 13.2. The van der Waals surface area contributed by atoms with Crippen molar-refractivity contribution in [2.24, 2.45) is 0 Å². The van der Waals surface area contributed by atoms with Crippen LogP contribution in [0.2, 0.25) is 0 Å². The average molecular weight is 323 g/mol. The van der Waals surface area contributed by atoms with E-state index in [0.29, 0.717) is 0 Å². The van der Waals surface area contributed by atoms with Crippen LogP contribution in [0.25, 0.3) is 0 Å². The van der Waals surface area contributed by atoms with Gasteiger partial charge in [-0.1, -0.05) is 0 Å². The van der Waals surface area contributed by atoms with E-state index in [1.165, 1.54) is 0 Å². The molecular weight excluding hydrogens is 308 g/mol. The molecule has 6 heteroatoms. The normalized spacial score (nSPS) is 22.9. The van der Waals surface area contributed by atoms with E-state index in [-0.39, 0.29) is 12.1 Å². The zero-order valence-electron chi connectivity index (χ0n) is 10.6. The van der Waals surface area contributed by atoms with Gasteiger partial charge < -0.3 is 14.6 Å². The van der Waals surface area contributed by atoms with Crippen molar-refractivity contribution in [3.63, 3.8) is 0 Å². The van der Waals surface area contributed by atoms with Gasteiger partial charge in [-0.15, -0.1) is 0 Å². The molecule has 2 aromatic rings.